The quantitative estimate of drug-likeness (QED) is 0.632. The third kappa shape index (κ3) is 2.92. The van der Waals surface area contributed by atoms with E-state index in [1.165, 1.54) is 5.56 Å². The summed E-state index contributed by atoms with van der Waals surface area (Å²) in [5, 5.41) is 0. The van der Waals surface area contributed by atoms with Gasteiger partial charge in [-0.2, -0.15) is 0 Å². The van der Waals surface area contributed by atoms with Crippen LogP contribution in [0, 0.1) is 0 Å². The van der Waals surface area contributed by atoms with E-state index in [0.717, 1.165) is 33.6 Å². The molecule has 0 atom stereocenters. The molecular weight excluding hydrogens is 352 g/mol. The van der Waals surface area contributed by atoms with Crippen LogP contribution in [0.1, 0.15) is 11.4 Å². The van der Waals surface area contributed by atoms with Crippen molar-refractivity contribution >= 4 is 38.6 Å². The van der Waals surface area contributed by atoms with E-state index < -0.39 is 0 Å². The number of rotatable bonds is 4. The third-order valence-corrected chi connectivity index (χ3v) is 4.14. The standard InChI is InChI=1S/C16H14BrClN2O/c1-21-13-5-2-11(3-6-13)10-20-15-8-12(17)4-7-14(15)19-16(20)9-18/h2-8H,9-10H2,1H3. The second-order valence-electron chi connectivity index (χ2n) is 4.73. The van der Waals surface area contributed by atoms with E-state index in [1.54, 1.807) is 7.11 Å². The van der Waals surface area contributed by atoms with Crippen LogP contribution in [0.15, 0.2) is 46.9 Å². The van der Waals surface area contributed by atoms with E-state index in [0.29, 0.717) is 5.88 Å². The number of imidazole rings is 1. The highest BCUT2D eigenvalue weighted by atomic mass is 79.9. The van der Waals surface area contributed by atoms with Crippen molar-refractivity contribution < 1.29 is 4.74 Å². The van der Waals surface area contributed by atoms with Crippen LogP contribution in [-0.4, -0.2) is 16.7 Å². The summed E-state index contributed by atoms with van der Waals surface area (Å²) in [5.74, 6) is 2.12. The van der Waals surface area contributed by atoms with E-state index in [2.05, 4.69) is 43.7 Å². The highest BCUT2D eigenvalue weighted by molar-refractivity contribution is 9.10. The molecule has 0 radical (unpaired) electrons. The van der Waals surface area contributed by atoms with Crippen LogP contribution in [0.4, 0.5) is 0 Å². The topological polar surface area (TPSA) is 27.1 Å². The molecule has 0 saturated heterocycles. The number of methoxy groups -OCH3 is 1. The van der Waals surface area contributed by atoms with Crippen molar-refractivity contribution in [2.24, 2.45) is 0 Å². The highest BCUT2D eigenvalue weighted by Crippen LogP contribution is 2.23. The number of aromatic nitrogens is 2. The Balaban J connectivity index is 2.03. The molecular formula is C16H14BrClN2O. The summed E-state index contributed by atoms with van der Waals surface area (Å²) in [5.41, 5.74) is 3.22. The molecule has 3 rings (SSSR count). The monoisotopic (exact) mass is 364 g/mol. The molecule has 0 bridgehead atoms. The Morgan fingerprint density at radius 2 is 1.95 bits per heavy atom. The van der Waals surface area contributed by atoms with Crippen LogP contribution in [0.25, 0.3) is 11.0 Å². The van der Waals surface area contributed by atoms with E-state index in [1.807, 2.05) is 24.3 Å². The molecule has 5 heteroatoms. The molecule has 1 aromatic heterocycles. The molecule has 2 aromatic carbocycles. The zero-order valence-electron chi connectivity index (χ0n) is 11.5. The maximum absolute atomic E-state index is 6.04. The van der Waals surface area contributed by atoms with E-state index in [9.17, 15) is 0 Å². The summed E-state index contributed by atoms with van der Waals surface area (Å²) in [4.78, 5) is 4.59. The van der Waals surface area contributed by atoms with Gasteiger partial charge in [-0.1, -0.05) is 28.1 Å². The molecule has 0 spiro atoms. The maximum atomic E-state index is 6.04. The second kappa shape index (κ2) is 6.08. The molecule has 0 amide bonds. The first-order chi connectivity index (χ1) is 10.2. The fourth-order valence-corrected chi connectivity index (χ4v) is 2.89. The number of benzene rings is 2. The lowest BCUT2D eigenvalue weighted by molar-refractivity contribution is 0.414. The van der Waals surface area contributed by atoms with Gasteiger partial charge in [0.05, 0.1) is 24.0 Å². The van der Waals surface area contributed by atoms with Gasteiger partial charge >= 0.3 is 0 Å². The minimum atomic E-state index is 0.391. The minimum Gasteiger partial charge on any atom is -0.497 e. The second-order valence-corrected chi connectivity index (χ2v) is 5.91. The Labute approximate surface area is 136 Å². The van der Waals surface area contributed by atoms with E-state index in [-0.39, 0.29) is 0 Å². The smallest absolute Gasteiger partial charge is 0.125 e. The molecule has 0 saturated carbocycles. The molecule has 3 aromatic rings. The van der Waals surface area contributed by atoms with Gasteiger partial charge in [0, 0.05) is 11.0 Å². The summed E-state index contributed by atoms with van der Waals surface area (Å²) < 4.78 is 8.37. The summed E-state index contributed by atoms with van der Waals surface area (Å²) in [6.07, 6.45) is 0. The van der Waals surface area contributed by atoms with E-state index in [4.69, 9.17) is 16.3 Å². The zero-order valence-corrected chi connectivity index (χ0v) is 13.9. The van der Waals surface area contributed by atoms with Crippen molar-refractivity contribution in [2.45, 2.75) is 12.4 Å². The molecule has 0 aliphatic carbocycles. The van der Waals surface area contributed by atoms with Gasteiger partial charge in [0.25, 0.3) is 0 Å². The molecule has 3 nitrogen and oxygen atoms in total. The highest BCUT2D eigenvalue weighted by Gasteiger charge is 2.10. The lowest BCUT2D eigenvalue weighted by Gasteiger charge is -2.09. The summed E-state index contributed by atoms with van der Waals surface area (Å²) >= 11 is 9.55. The summed E-state index contributed by atoms with van der Waals surface area (Å²) in [6.45, 7) is 0.735. The van der Waals surface area contributed by atoms with Gasteiger partial charge in [-0.15, -0.1) is 11.6 Å². The molecule has 0 aliphatic rings. The molecule has 0 fully saturated rings. The van der Waals surface area contributed by atoms with Crippen molar-refractivity contribution in [3.63, 3.8) is 0 Å². The van der Waals surface area contributed by atoms with Gasteiger partial charge in [0.15, 0.2) is 0 Å². The lowest BCUT2D eigenvalue weighted by Crippen LogP contribution is -2.03. The Bertz CT molecular complexity index is 768. The molecule has 0 aliphatic heterocycles. The lowest BCUT2D eigenvalue weighted by atomic mass is 10.2. The SMILES string of the molecule is COc1ccc(Cn2c(CCl)nc3ccc(Br)cc32)cc1. The minimum absolute atomic E-state index is 0.391. The number of alkyl halides is 1. The first-order valence-electron chi connectivity index (χ1n) is 6.55. The number of ether oxygens (including phenoxy) is 1. The number of nitrogens with zero attached hydrogens (tertiary/aromatic N) is 2. The maximum Gasteiger partial charge on any atom is 0.125 e. The van der Waals surface area contributed by atoms with Gasteiger partial charge in [-0.3, -0.25) is 0 Å². The van der Waals surface area contributed by atoms with Crippen molar-refractivity contribution in [1.29, 1.82) is 0 Å². The van der Waals surface area contributed by atoms with Crippen LogP contribution >= 0.6 is 27.5 Å². The first kappa shape index (κ1) is 14.4. The van der Waals surface area contributed by atoms with Gasteiger partial charge in [0.1, 0.15) is 11.6 Å². The van der Waals surface area contributed by atoms with Crippen LogP contribution in [0.3, 0.4) is 0 Å². The average molecular weight is 366 g/mol. The van der Waals surface area contributed by atoms with Crippen molar-refractivity contribution in [3.8, 4) is 5.75 Å². The zero-order chi connectivity index (χ0) is 14.8. The van der Waals surface area contributed by atoms with Crippen LogP contribution in [0.5, 0.6) is 5.75 Å². The first-order valence-corrected chi connectivity index (χ1v) is 7.87. The van der Waals surface area contributed by atoms with Crippen LogP contribution < -0.4 is 4.74 Å². The normalized spacial score (nSPS) is 11.0. The van der Waals surface area contributed by atoms with Crippen LogP contribution in [0.2, 0.25) is 0 Å². The molecule has 0 unspecified atom stereocenters. The number of fused-ring (bicyclic) bond motifs is 1. The van der Waals surface area contributed by atoms with Gasteiger partial charge in [-0.05, 0) is 35.9 Å². The number of halogens is 2. The van der Waals surface area contributed by atoms with E-state index >= 15 is 0 Å². The third-order valence-electron chi connectivity index (χ3n) is 3.41. The van der Waals surface area contributed by atoms with Gasteiger partial charge in [-0.25, -0.2) is 4.98 Å². The predicted molar refractivity (Wildman–Crippen MR) is 89.1 cm³/mol. The molecule has 21 heavy (non-hydrogen) atoms. The molecule has 1 heterocycles. The number of hydrogen-bond acceptors (Lipinski definition) is 2. The molecule has 108 valence electrons. The predicted octanol–water partition coefficient (Wildman–Crippen LogP) is 4.59. The molecule has 0 N–H and O–H groups in total. The fraction of sp³-hybridized carbons (Fsp3) is 0.188. The largest absolute Gasteiger partial charge is 0.497 e. The van der Waals surface area contributed by atoms with Gasteiger partial charge in [0.2, 0.25) is 0 Å². The van der Waals surface area contributed by atoms with Crippen molar-refractivity contribution in [3.05, 3.63) is 58.3 Å². The number of hydrogen-bond donors (Lipinski definition) is 0. The van der Waals surface area contributed by atoms with Crippen molar-refractivity contribution in [2.75, 3.05) is 7.11 Å². The Kier molecular flexibility index (Phi) is 4.17. The van der Waals surface area contributed by atoms with Crippen molar-refractivity contribution in [1.82, 2.24) is 9.55 Å². The Morgan fingerprint density at radius 1 is 1.19 bits per heavy atom. The fourth-order valence-electron chi connectivity index (χ4n) is 2.34. The Morgan fingerprint density at radius 3 is 2.62 bits per heavy atom. The van der Waals surface area contributed by atoms with Crippen LogP contribution in [-0.2, 0) is 12.4 Å². The average Bonchev–Trinajstić information content (AvgIpc) is 2.85. The Hall–Kier alpha value is -1.52. The summed E-state index contributed by atoms with van der Waals surface area (Å²) in [6, 6.07) is 14.1. The van der Waals surface area contributed by atoms with Gasteiger partial charge < -0.3 is 9.30 Å². The summed E-state index contributed by atoms with van der Waals surface area (Å²) in [7, 11) is 1.67.